The molecule has 0 fully saturated rings. The summed E-state index contributed by atoms with van der Waals surface area (Å²) in [6.45, 7) is 0.761. The second-order valence-electron chi connectivity index (χ2n) is 3.89. The summed E-state index contributed by atoms with van der Waals surface area (Å²) in [7, 11) is 3.99. The first-order valence-electron chi connectivity index (χ1n) is 5.20. The van der Waals surface area contributed by atoms with Crippen molar-refractivity contribution in [2.24, 2.45) is 7.05 Å². The van der Waals surface area contributed by atoms with Crippen molar-refractivity contribution in [1.29, 1.82) is 0 Å². The molecule has 1 heterocycles. The third kappa shape index (κ3) is 2.00. The van der Waals surface area contributed by atoms with Crippen LogP contribution in [0.15, 0.2) is 36.7 Å². The van der Waals surface area contributed by atoms with Crippen molar-refractivity contribution >= 4 is 11.6 Å². The van der Waals surface area contributed by atoms with Gasteiger partial charge in [-0.1, -0.05) is 18.2 Å². The lowest BCUT2D eigenvalue weighted by atomic mass is 10.2. The first kappa shape index (κ1) is 10.5. The highest BCUT2D eigenvalue weighted by atomic mass is 15.3. The van der Waals surface area contributed by atoms with E-state index in [4.69, 9.17) is 5.73 Å². The van der Waals surface area contributed by atoms with Crippen LogP contribution in [0.2, 0.25) is 0 Å². The van der Waals surface area contributed by atoms with Gasteiger partial charge in [0.1, 0.15) is 0 Å². The molecule has 1 aromatic carbocycles. The molecule has 0 amide bonds. The van der Waals surface area contributed by atoms with Crippen LogP contribution in [0.3, 0.4) is 0 Å². The van der Waals surface area contributed by atoms with Gasteiger partial charge in [-0.05, 0) is 11.6 Å². The number of imidazole rings is 1. The number of hydrogen-bond donors (Lipinski definition) is 1. The SMILES string of the molecule is CN(Cc1ccccc1N)c1nccn1C. The fourth-order valence-corrected chi connectivity index (χ4v) is 1.73. The van der Waals surface area contributed by atoms with Crippen molar-refractivity contribution in [1.82, 2.24) is 9.55 Å². The van der Waals surface area contributed by atoms with Crippen molar-refractivity contribution in [3.63, 3.8) is 0 Å². The highest BCUT2D eigenvalue weighted by molar-refractivity contribution is 5.48. The zero-order chi connectivity index (χ0) is 11.5. The van der Waals surface area contributed by atoms with Crippen molar-refractivity contribution in [3.05, 3.63) is 42.2 Å². The van der Waals surface area contributed by atoms with Crippen LogP contribution in [0.1, 0.15) is 5.56 Å². The van der Waals surface area contributed by atoms with E-state index in [2.05, 4.69) is 9.88 Å². The van der Waals surface area contributed by atoms with Gasteiger partial charge >= 0.3 is 0 Å². The molecule has 4 nitrogen and oxygen atoms in total. The number of para-hydroxylation sites is 1. The molecule has 0 aliphatic heterocycles. The number of aryl methyl sites for hydroxylation is 1. The van der Waals surface area contributed by atoms with Gasteiger partial charge in [-0.2, -0.15) is 0 Å². The number of anilines is 2. The molecule has 84 valence electrons. The smallest absolute Gasteiger partial charge is 0.205 e. The van der Waals surface area contributed by atoms with Crippen LogP contribution in [0.5, 0.6) is 0 Å². The van der Waals surface area contributed by atoms with Crippen LogP contribution in [-0.4, -0.2) is 16.6 Å². The molecule has 0 saturated carbocycles. The Kier molecular flexibility index (Phi) is 2.81. The number of nitrogens with two attached hydrogens (primary N) is 1. The molecule has 0 saturated heterocycles. The Labute approximate surface area is 95.3 Å². The molecule has 2 rings (SSSR count). The third-order valence-corrected chi connectivity index (χ3v) is 2.60. The Balaban J connectivity index is 2.17. The van der Waals surface area contributed by atoms with Crippen LogP contribution in [0, 0.1) is 0 Å². The van der Waals surface area contributed by atoms with E-state index in [1.807, 2.05) is 49.1 Å². The summed E-state index contributed by atoms with van der Waals surface area (Å²) < 4.78 is 1.99. The van der Waals surface area contributed by atoms with Gasteiger partial charge < -0.3 is 15.2 Å². The van der Waals surface area contributed by atoms with Crippen molar-refractivity contribution in [2.75, 3.05) is 17.7 Å². The van der Waals surface area contributed by atoms with E-state index in [0.29, 0.717) is 0 Å². The molecule has 1 aromatic heterocycles. The van der Waals surface area contributed by atoms with E-state index in [0.717, 1.165) is 23.7 Å². The summed E-state index contributed by atoms with van der Waals surface area (Å²) in [4.78, 5) is 6.36. The van der Waals surface area contributed by atoms with Gasteiger partial charge in [0, 0.05) is 38.7 Å². The summed E-state index contributed by atoms with van der Waals surface area (Å²) in [5, 5.41) is 0. The predicted octanol–water partition coefficient (Wildman–Crippen LogP) is 1.64. The largest absolute Gasteiger partial charge is 0.398 e. The minimum Gasteiger partial charge on any atom is -0.398 e. The van der Waals surface area contributed by atoms with E-state index >= 15 is 0 Å². The maximum absolute atomic E-state index is 5.91. The van der Waals surface area contributed by atoms with Crippen LogP contribution in [-0.2, 0) is 13.6 Å². The summed E-state index contributed by atoms with van der Waals surface area (Å²) >= 11 is 0. The highest BCUT2D eigenvalue weighted by Crippen LogP contribution is 2.16. The Bertz CT molecular complexity index is 475. The van der Waals surface area contributed by atoms with Gasteiger partial charge in [-0.25, -0.2) is 4.98 Å². The monoisotopic (exact) mass is 216 g/mol. The van der Waals surface area contributed by atoms with Gasteiger partial charge in [-0.3, -0.25) is 0 Å². The van der Waals surface area contributed by atoms with E-state index < -0.39 is 0 Å². The lowest BCUT2D eigenvalue weighted by molar-refractivity contribution is 0.807. The Morgan fingerprint density at radius 1 is 1.38 bits per heavy atom. The molecule has 0 unspecified atom stereocenters. The fraction of sp³-hybridized carbons (Fsp3) is 0.250. The van der Waals surface area contributed by atoms with Crippen LogP contribution < -0.4 is 10.6 Å². The van der Waals surface area contributed by atoms with Crippen LogP contribution >= 0.6 is 0 Å². The lowest BCUT2D eigenvalue weighted by Gasteiger charge is -2.19. The molecular formula is C12H16N4. The first-order valence-corrected chi connectivity index (χ1v) is 5.20. The van der Waals surface area contributed by atoms with Crippen molar-refractivity contribution in [3.8, 4) is 0 Å². The third-order valence-electron chi connectivity index (χ3n) is 2.60. The normalized spacial score (nSPS) is 10.4. The van der Waals surface area contributed by atoms with Crippen molar-refractivity contribution < 1.29 is 0 Å². The molecule has 0 aliphatic rings. The Morgan fingerprint density at radius 2 is 2.12 bits per heavy atom. The highest BCUT2D eigenvalue weighted by Gasteiger charge is 2.07. The minimum atomic E-state index is 0.761. The molecule has 0 spiro atoms. The molecule has 0 atom stereocenters. The average Bonchev–Trinajstić information content (AvgIpc) is 2.68. The van der Waals surface area contributed by atoms with Gasteiger partial charge in [0.2, 0.25) is 5.95 Å². The fourth-order valence-electron chi connectivity index (χ4n) is 1.73. The minimum absolute atomic E-state index is 0.761. The summed E-state index contributed by atoms with van der Waals surface area (Å²) in [6.07, 6.45) is 3.72. The Morgan fingerprint density at radius 3 is 2.75 bits per heavy atom. The molecule has 2 aromatic rings. The number of benzene rings is 1. The number of nitrogens with zero attached hydrogens (tertiary/aromatic N) is 3. The van der Waals surface area contributed by atoms with Gasteiger partial charge in [0.15, 0.2) is 0 Å². The van der Waals surface area contributed by atoms with Gasteiger partial charge in [0.25, 0.3) is 0 Å². The maximum Gasteiger partial charge on any atom is 0.205 e. The zero-order valence-corrected chi connectivity index (χ0v) is 9.59. The van der Waals surface area contributed by atoms with E-state index in [1.165, 1.54) is 0 Å². The number of hydrogen-bond acceptors (Lipinski definition) is 3. The molecular weight excluding hydrogens is 200 g/mol. The second-order valence-corrected chi connectivity index (χ2v) is 3.89. The molecule has 0 radical (unpaired) electrons. The second kappa shape index (κ2) is 4.26. The molecule has 0 aliphatic carbocycles. The number of aromatic nitrogens is 2. The van der Waals surface area contributed by atoms with E-state index in [9.17, 15) is 0 Å². The quantitative estimate of drug-likeness (QED) is 0.793. The van der Waals surface area contributed by atoms with E-state index in [1.54, 1.807) is 6.20 Å². The summed E-state index contributed by atoms with van der Waals surface area (Å²) in [5.41, 5.74) is 7.85. The number of rotatable bonds is 3. The van der Waals surface area contributed by atoms with E-state index in [-0.39, 0.29) is 0 Å². The lowest BCUT2D eigenvalue weighted by Crippen LogP contribution is -2.20. The molecule has 0 bridgehead atoms. The molecule has 2 N–H and O–H groups in total. The summed E-state index contributed by atoms with van der Waals surface area (Å²) in [6, 6.07) is 7.90. The topological polar surface area (TPSA) is 47.1 Å². The van der Waals surface area contributed by atoms with Crippen LogP contribution in [0.4, 0.5) is 11.6 Å². The van der Waals surface area contributed by atoms with Crippen molar-refractivity contribution in [2.45, 2.75) is 6.54 Å². The zero-order valence-electron chi connectivity index (χ0n) is 9.59. The maximum atomic E-state index is 5.91. The summed E-state index contributed by atoms with van der Waals surface area (Å²) in [5.74, 6) is 0.934. The Hall–Kier alpha value is -1.97. The van der Waals surface area contributed by atoms with Crippen LogP contribution in [0.25, 0.3) is 0 Å². The van der Waals surface area contributed by atoms with Gasteiger partial charge in [-0.15, -0.1) is 0 Å². The predicted molar refractivity (Wildman–Crippen MR) is 66.2 cm³/mol. The molecule has 16 heavy (non-hydrogen) atoms. The number of nitrogen functional groups attached to an aromatic ring is 1. The average molecular weight is 216 g/mol. The standard InChI is InChI=1S/C12H16N4/c1-15-8-7-14-12(15)16(2)9-10-5-3-4-6-11(10)13/h3-8H,9,13H2,1-2H3. The van der Waals surface area contributed by atoms with Gasteiger partial charge in [0.05, 0.1) is 0 Å². The molecule has 4 heteroatoms. The first-order chi connectivity index (χ1) is 7.68.